The summed E-state index contributed by atoms with van der Waals surface area (Å²) in [6.45, 7) is 5.14. The Labute approximate surface area is 122 Å². The predicted molar refractivity (Wildman–Crippen MR) is 78.7 cm³/mol. The highest BCUT2D eigenvalue weighted by atomic mass is 79.9. The summed E-state index contributed by atoms with van der Waals surface area (Å²) in [6, 6.07) is 4.36. The minimum atomic E-state index is 0.183. The second kappa shape index (κ2) is 5.69. The van der Waals surface area contributed by atoms with E-state index in [0.717, 1.165) is 16.8 Å². The molecule has 0 radical (unpaired) electrons. The SMILES string of the molecule is CCNC(c1cc(Br)c(C)s1)c1ccoc1Br. The molecule has 2 nitrogen and oxygen atoms in total. The van der Waals surface area contributed by atoms with Crippen LogP contribution in [0.1, 0.15) is 28.3 Å². The molecular weight excluding hydrogens is 366 g/mol. The molecule has 0 amide bonds. The van der Waals surface area contributed by atoms with Crippen molar-refractivity contribution in [2.75, 3.05) is 6.54 Å². The number of thiophene rings is 1. The predicted octanol–water partition coefficient (Wildman–Crippen LogP) is 4.87. The standard InChI is InChI=1S/C12H13Br2NOS/c1-3-15-11(8-4-5-16-12(8)14)10-6-9(13)7(2)17-10/h4-6,11,15H,3H2,1-2H3. The third-order valence-electron chi connectivity index (χ3n) is 2.53. The fourth-order valence-corrected chi connectivity index (χ4v) is 3.83. The molecule has 2 heterocycles. The summed E-state index contributed by atoms with van der Waals surface area (Å²) in [6.07, 6.45) is 1.71. The van der Waals surface area contributed by atoms with E-state index in [1.165, 1.54) is 14.2 Å². The van der Waals surface area contributed by atoms with Crippen molar-refractivity contribution in [3.8, 4) is 0 Å². The third-order valence-corrected chi connectivity index (χ3v) is 5.37. The topological polar surface area (TPSA) is 25.2 Å². The quantitative estimate of drug-likeness (QED) is 0.820. The molecule has 17 heavy (non-hydrogen) atoms. The normalized spacial score (nSPS) is 12.9. The number of hydrogen-bond acceptors (Lipinski definition) is 3. The van der Waals surface area contributed by atoms with Gasteiger partial charge < -0.3 is 9.73 Å². The van der Waals surface area contributed by atoms with Crippen molar-refractivity contribution in [2.24, 2.45) is 0 Å². The van der Waals surface area contributed by atoms with Crippen LogP contribution in [0.2, 0.25) is 0 Å². The molecule has 2 aromatic heterocycles. The Balaban J connectivity index is 2.39. The summed E-state index contributed by atoms with van der Waals surface area (Å²) in [5.74, 6) is 0. The molecule has 0 aliphatic carbocycles. The van der Waals surface area contributed by atoms with Gasteiger partial charge in [0.15, 0.2) is 4.67 Å². The highest BCUT2D eigenvalue weighted by Gasteiger charge is 2.20. The Morgan fingerprint density at radius 3 is 2.71 bits per heavy atom. The van der Waals surface area contributed by atoms with E-state index in [-0.39, 0.29) is 6.04 Å². The van der Waals surface area contributed by atoms with E-state index in [1.807, 2.05) is 6.07 Å². The van der Waals surface area contributed by atoms with Crippen LogP contribution in [0.15, 0.2) is 32.0 Å². The minimum Gasteiger partial charge on any atom is -0.457 e. The molecule has 1 atom stereocenters. The van der Waals surface area contributed by atoms with Crippen LogP contribution in [0.5, 0.6) is 0 Å². The van der Waals surface area contributed by atoms with Gasteiger partial charge in [-0.25, -0.2) is 0 Å². The fourth-order valence-electron chi connectivity index (χ4n) is 1.70. The first kappa shape index (κ1) is 13.3. The van der Waals surface area contributed by atoms with Crippen LogP contribution < -0.4 is 5.32 Å². The van der Waals surface area contributed by atoms with Gasteiger partial charge in [0.1, 0.15) is 0 Å². The van der Waals surface area contributed by atoms with Gasteiger partial charge in [0.05, 0.1) is 12.3 Å². The molecule has 0 fully saturated rings. The minimum absolute atomic E-state index is 0.183. The Morgan fingerprint density at radius 2 is 2.24 bits per heavy atom. The Hall–Kier alpha value is -0.100. The van der Waals surface area contributed by atoms with Crippen LogP contribution in [-0.2, 0) is 0 Å². The Kier molecular flexibility index (Phi) is 4.47. The van der Waals surface area contributed by atoms with Crippen LogP contribution in [0.25, 0.3) is 0 Å². The highest BCUT2D eigenvalue weighted by Crippen LogP contribution is 2.36. The van der Waals surface area contributed by atoms with E-state index in [0.29, 0.717) is 0 Å². The third kappa shape index (κ3) is 2.84. The average Bonchev–Trinajstić information content (AvgIpc) is 2.83. The van der Waals surface area contributed by atoms with E-state index in [9.17, 15) is 0 Å². The number of furan rings is 1. The molecule has 0 saturated heterocycles. The zero-order valence-electron chi connectivity index (χ0n) is 9.59. The van der Waals surface area contributed by atoms with E-state index < -0.39 is 0 Å². The van der Waals surface area contributed by atoms with Crippen LogP contribution in [0.4, 0.5) is 0 Å². The van der Waals surface area contributed by atoms with Crippen molar-refractivity contribution in [2.45, 2.75) is 19.9 Å². The molecule has 0 bridgehead atoms. The number of halogens is 2. The maximum Gasteiger partial charge on any atom is 0.174 e. The maximum atomic E-state index is 5.32. The average molecular weight is 379 g/mol. The van der Waals surface area contributed by atoms with Gasteiger partial charge in [0, 0.05) is 19.8 Å². The first-order valence-electron chi connectivity index (χ1n) is 5.35. The van der Waals surface area contributed by atoms with Gasteiger partial charge >= 0.3 is 0 Å². The number of hydrogen-bond donors (Lipinski definition) is 1. The maximum absolute atomic E-state index is 5.32. The van der Waals surface area contributed by atoms with Crippen molar-refractivity contribution in [3.63, 3.8) is 0 Å². The summed E-state index contributed by atoms with van der Waals surface area (Å²) >= 11 is 8.81. The first-order chi connectivity index (χ1) is 8.13. The van der Waals surface area contributed by atoms with Gasteiger partial charge in [-0.05, 0) is 57.5 Å². The Morgan fingerprint density at radius 1 is 1.47 bits per heavy atom. The first-order valence-corrected chi connectivity index (χ1v) is 7.75. The molecule has 0 aromatic carbocycles. The lowest BCUT2D eigenvalue weighted by Gasteiger charge is -2.15. The molecule has 2 aromatic rings. The van der Waals surface area contributed by atoms with Crippen LogP contribution in [0.3, 0.4) is 0 Å². The molecule has 92 valence electrons. The smallest absolute Gasteiger partial charge is 0.174 e. The van der Waals surface area contributed by atoms with Gasteiger partial charge in [-0.3, -0.25) is 0 Å². The van der Waals surface area contributed by atoms with Crippen LogP contribution in [0, 0.1) is 6.92 Å². The van der Waals surface area contributed by atoms with Gasteiger partial charge in [-0.2, -0.15) is 0 Å². The summed E-state index contributed by atoms with van der Waals surface area (Å²) in [5, 5.41) is 3.48. The summed E-state index contributed by atoms with van der Waals surface area (Å²) in [7, 11) is 0. The van der Waals surface area contributed by atoms with Crippen molar-refractivity contribution >= 4 is 43.2 Å². The molecule has 1 unspecified atom stereocenters. The van der Waals surface area contributed by atoms with Crippen molar-refractivity contribution < 1.29 is 4.42 Å². The molecule has 2 rings (SSSR count). The number of rotatable bonds is 4. The van der Waals surface area contributed by atoms with E-state index >= 15 is 0 Å². The van der Waals surface area contributed by atoms with Crippen molar-refractivity contribution in [3.05, 3.63) is 42.9 Å². The lowest BCUT2D eigenvalue weighted by atomic mass is 10.1. The van der Waals surface area contributed by atoms with Gasteiger partial charge in [0.25, 0.3) is 0 Å². The van der Waals surface area contributed by atoms with Crippen molar-refractivity contribution in [1.82, 2.24) is 5.32 Å². The van der Waals surface area contributed by atoms with Gasteiger partial charge in [0.2, 0.25) is 0 Å². The molecule has 0 aliphatic heterocycles. The fraction of sp³-hybridized carbons (Fsp3) is 0.333. The summed E-state index contributed by atoms with van der Waals surface area (Å²) in [4.78, 5) is 2.58. The van der Waals surface area contributed by atoms with Gasteiger partial charge in [-0.15, -0.1) is 11.3 Å². The van der Waals surface area contributed by atoms with Crippen LogP contribution >= 0.6 is 43.2 Å². The second-order valence-electron chi connectivity index (χ2n) is 3.69. The second-order valence-corrected chi connectivity index (χ2v) is 6.56. The highest BCUT2D eigenvalue weighted by molar-refractivity contribution is 9.10. The monoisotopic (exact) mass is 377 g/mol. The lowest BCUT2D eigenvalue weighted by Crippen LogP contribution is -2.20. The molecule has 5 heteroatoms. The summed E-state index contributed by atoms with van der Waals surface area (Å²) in [5.41, 5.74) is 1.14. The lowest BCUT2D eigenvalue weighted by molar-refractivity contribution is 0.527. The number of aryl methyl sites for hydroxylation is 1. The largest absolute Gasteiger partial charge is 0.457 e. The van der Waals surface area contributed by atoms with Crippen LogP contribution in [-0.4, -0.2) is 6.54 Å². The van der Waals surface area contributed by atoms with E-state index in [4.69, 9.17) is 4.42 Å². The molecule has 0 spiro atoms. The molecular formula is C12H13Br2NOS. The zero-order chi connectivity index (χ0) is 12.4. The van der Waals surface area contributed by atoms with E-state index in [1.54, 1.807) is 17.6 Å². The zero-order valence-corrected chi connectivity index (χ0v) is 13.6. The molecule has 0 aliphatic rings. The molecule has 0 saturated carbocycles. The van der Waals surface area contributed by atoms with Crippen molar-refractivity contribution in [1.29, 1.82) is 0 Å². The van der Waals surface area contributed by atoms with Gasteiger partial charge in [-0.1, -0.05) is 6.92 Å². The number of nitrogens with one attached hydrogen (secondary N) is 1. The Bertz CT molecular complexity index is 487. The molecule has 1 N–H and O–H groups in total. The summed E-state index contributed by atoms with van der Waals surface area (Å²) < 4.78 is 7.28. The van der Waals surface area contributed by atoms with E-state index in [2.05, 4.69) is 57.1 Å².